The second kappa shape index (κ2) is 13.4. The summed E-state index contributed by atoms with van der Waals surface area (Å²) in [6.45, 7) is 3.69. The molecule has 1 aromatic heterocycles. The Labute approximate surface area is 194 Å². The van der Waals surface area contributed by atoms with Crippen molar-refractivity contribution in [2.75, 3.05) is 34.3 Å². The highest BCUT2D eigenvalue weighted by Gasteiger charge is 2.06. The molecule has 1 heterocycles. The number of carbonyl (C=O) groups is 1. The first-order valence-corrected chi connectivity index (χ1v) is 10.3. The van der Waals surface area contributed by atoms with Gasteiger partial charge in [0.25, 0.3) is 0 Å². The lowest BCUT2D eigenvalue weighted by atomic mass is 10.1. The largest absolute Gasteiger partial charge is 0.497 e. The third-order valence-electron chi connectivity index (χ3n) is 4.23. The summed E-state index contributed by atoms with van der Waals surface area (Å²) < 4.78 is 5.19. The molecule has 2 aromatic rings. The number of methoxy groups -OCH3 is 1. The molecule has 0 unspecified atom stereocenters. The number of hydrogen-bond donors (Lipinski definition) is 2. The van der Waals surface area contributed by atoms with E-state index in [1.165, 1.54) is 15.3 Å². The van der Waals surface area contributed by atoms with Gasteiger partial charge in [-0.2, -0.15) is 0 Å². The minimum atomic E-state index is -0.0272. The summed E-state index contributed by atoms with van der Waals surface area (Å²) in [7, 11) is 5.14. The van der Waals surface area contributed by atoms with Crippen molar-refractivity contribution >= 4 is 47.2 Å². The van der Waals surface area contributed by atoms with E-state index < -0.39 is 0 Å². The van der Waals surface area contributed by atoms with Crippen molar-refractivity contribution in [1.29, 1.82) is 0 Å². The number of rotatable bonds is 9. The van der Waals surface area contributed by atoms with Gasteiger partial charge in [-0.15, -0.1) is 35.3 Å². The van der Waals surface area contributed by atoms with E-state index in [0.29, 0.717) is 12.5 Å². The van der Waals surface area contributed by atoms with Crippen molar-refractivity contribution in [3.05, 3.63) is 51.7 Å². The Balaban J connectivity index is 0.00000420. The van der Waals surface area contributed by atoms with Crippen LogP contribution in [0.25, 0.3) is 0 Å². The van der Waals surface area contributed by atoms with Gasteiger partial charge in [0.05, 0.1) is 13.7 Å². The molecule has 6 nitrogen and oxygen atoms in total. The molecule has 29 heavy (non-hydrogen) atoms. The highest BCUT2D eigenvalue weighted by molar-refractivity contribution is 14.0. The number of benzene rings is 1. The van der Waals surface area contributed by atoms with Crippen LogP contribution >= 0.6 is 35.3 Å². The number of nitrogens with zero attached hydrogens (tertiary/aromatic N) is 2. The van der Waals surface area contributed by atoms with Crippen molar-refractivity contribution < 1.29 is 9.53 Å². The van der Waals surface area contributed by atoms with Gasteiger partial charge in [0.1, 0.15) is 12.3 Å². The predicted molar refractivity (Wildman–Crippen MR) is 132 cm³/mol. The summed E-state index contributed by atoms with van der Waals surface area (Å²) >= 11 is 1.80. The molecule has 0 radical (unpaired) electrons. The molecule has 1 aromatic carbocycles. The number of guanidine groups is 1. The van der Waals surface area contributed by atoms with Crippen LogP contribution in [0.2, 0.25) is 0 Å². The van der Waals surface area contributed by atoms with Crippen molar-refractivity contribution in [3.8, 4) is 5.75 Å². The summed E-state index contributed by atoms with van der Waals surface area (Å²) in [5, 5.41) is 6.65. The maximum Gasteiger partial charge on any atom is 0.243 e. The third kappa shape index (κ3) is 9.03. The predicted octanol–water partition coefficient (Wildman–Crippen LogP) is 3.30. The van der Waals surface area contributed by atoms with Gasteiger partial charge in [-0.3, -0.25) is 4.79 Å². The van der Waals surface area contributed by atoms with E-state index in [9.17, 15) is 4.79 Å². The first-order valence-electron chi connectivity index (χ1n) is 9.44. The number of halogens is 1. The van der Waals surface area contributed by atoms with E-state index in [4.69, 9.17) is 4.74 Å². The van der Waals surface area contributed by atoms with Crippen LogP contribution in [-0.2, 0) is 24.2 Å². The lowest BCUT2D eigenvalue weighted by Gasteiger charge is -2.13. The van der Waals surface area contributed by atoms with Crippen molar-refractivity contribution in [2.45, 2.75) is 26.3 Å². The number of carbonyl (C=O) groups excluding carboxylic acids is 1. The number of amides is 1. The molecule has 0 aliphatic rings. The zero-order valence-electron chi connectivity index (χ0n) is 17.5. The number of nitrogens with one attached hydrogen (secondary N) is 2. The SMILES string of the molecule is CCc1ccc(CNC(=NCC(=O)N(C)C)NCCc2ccc(OC)cc2)s1.I. The Morgan fingerprint density at radius 3 is 2.38 bits per heavy atom. The maximum atomic E-state index is 11.9. The minimum Gasteiger partial charge on any atom is -0.497 e. The van der Waals surface area contributed by atoms with Crippen molar-refractivity contribution in [2.24, 2.45) is 4.99 Å². The Morgan fingerprint density at radius 1 is 1.10 bits per heavy atom. The smallest absolute Gasteiger partial charge is 0.243 e. The van der Waals surface area contributed by atoms with Crippen molar-refractivity contribution in [1.82, 2.24) is 15.5 Å². The average molecular weight is 530 g/mol. The molecule has 0 bridgehead atoms. The Hall–Kier alpha value is -1.81. The topological polar surface area (TPSA) is 66.0 Å². The second-order valence-corrected chi connectivity index (χ2v) is 7.81. The van der Waals surface area contributed by atoms with Crippen LogP contribution in [-0.4, -0.2) is 51.1 Å². The Kier molecular flexibility index (Phi) is 11.7. The number of likely N-dealkylation sites (N-methyl/N-ethyl adjacent to an activating group) is 1. The van der Waals surface area contributed by atoms with E-state index in [-0.39, 0.29) is 36.4 Å². The first-order chi connectivity index (χ1) is 13.5. The van der Waals surface area contributed by atoms with Crippen LogP contribution in [0.3, 0.4) is 0 Å². The molecule has 8 heteroatoms. The van der Waals surface area contributed by atoms with Crippen LogP contribution in [0.4, 0.5) is 0 Å². The van der Waals surface area contributed by atoms with Gasteiger partial charge in [-0.05, 0) is 42.7 Å². The molecule has 2 N–H and O–H groups in total. The van der Waals surface area contributed by atoms with E-state index in [1.807, 2.05) is 12.1 Å². The van der Waals surface area contributed by atoms with Crippen LogP contribution in [0, 0.1) is 0 Å². The standard InChI is InChI=1S/C21H30N4O2S.HI/c1-5-18-10-11-19(28-18)14-23-21(24-15-20(26)25(2)3)22-13-12-16-6-8-17(27-4)9-7-16;/h6-11H,5,12-15H2,1-4H3,(H2,22,23,24);1H. The fourth-order valence-electron chi connectivity index (χ4n) is 2.46. The summed E-state index contributed by atoms with van der Waals surface area (Å²) in [6.07, 6.45) is 1.90. The summed E-state index contributed by atoms with van der Waals surface area (Å²) in [5.41, 5.74) is 1.21. The molecular formula is C21H31IN4O2S. The molecule has 1 amide bonds. The average Bonchev–Trinajstić information content (AvgIpc) is 3.17. The Morgan fingerprint density at radius 2 is 1.79 bits per heavy atom. The molecular weight excluding hydrogens is 499 g/mol. The minimum absolute atomic E-state index is 0. The summed E-state index contributed by atoms with van der Waals surface area (Å²) in [4.78, 5) is 20.5. The normalized spacial score (nSPS) is 10.8. The molecule has 0 spiro atoms. The van der Waals surface area contributed by atoms with Crippen LogP contribution in [0.1, 0.15) is 22.2 Å². The number of ether oxygens (including phenoxy) is 1. The highest BCUT2D eigenvalue weighted by atomic mass is 127. The molecule has 0 aliphatic carbocycles. The van der Waals surface area contributed by atoms with Gasteiger partial charge in [0.2, 0.25) is 5.91 Å². The number of aryl methyl sites for hydroxylation is 1. The lowest BCUT2D eigenvalue weighted by Crippen LogP contribution is -2.39. The quantitative estimate of drug-likeness (QED) is 0.297. The van der Waals surface area contributed by atoms with E-state index in [1.54, 1.807) is 37.4 Å². The zero-order chi connectivity index (χ0) is 20.4. The molecule has 0 saturated carbocycles. The second-order valence-electron chi connectivity index (χ2n) is 6.55. The molecule has 0 saturated heterocycles. The zero-order valence-corrected chi connectivity index (χ0v) is 20.7. The van der Waals surface area contributed by atoms with Gasteiger partial charge in [0.15, 0.2) is 5.96 Å². The van der Waals surface area contributed by atoms with Gasteiger partial charge < -0.3 is 20.3 Å². The monoisotopic (exact) mass is 530 g/mol. The number of aliphatic imine (C=N–C) groups is 1. The van der Waals surface area contributed by atoms with Crippen LogP contribution < -0.4 is 15.4 Å². The fraction of sp³-hybridized carbons (Fsp3) is 0.429. The van der Waals surface area contributed by atoms with Crippen LogP contribution in [0.5, 0.6) is 5.75 Å². The third-order valence-corrected chi connectivity index (χ3v) is 5.46. The van der Waals surface area contributed by atoms with Gasteiger partial charge >= 0.3 is 0 Å². The maximum absolute atomic E-state index is 11.9. The van der Waals surface area contributed by atoms with Crippen molar-refractivity contribution in [3.63, 3.8) is 0 Å². The summed E-state index contributed by atoms with van der Waals surface area (Å²) in [6, 6.07) is 12.3. The van der Waals surface area contributed by atoms with E-state index in [0.717, 1.165) is 25.1 Å². The summed E-state index contributed by atoms with van der Waals surface area (Å²) in [5.74, 6) is 1.47. The van der Waals surface area contributed by atoms with Crippen LogP contribution in [0.15, 0.2) is 41.4 Å². The number of hydrogen-bond acceptors (Lipinski definition) is 4. The van der Waals surface area contributed by atoms with E-state index in [2.05, 4.69) is 46.8 Å². The highest BCUT2D eigenvalue weighted by Crippen LogP contribution is 2.16. The fourth-order valence-corrected chi connectivity index (χ4v) is 3.36. The molecule has 160 valence electrons. The molecule has 0 atom stereocenters. The molecule has 0 aliphatic heterocycles. The van der Waals surface area contributed by atoms with Gasteiger partial charge in [-0.25, -0.2) is 4.99 Å². The lowest BCUT2D eigenvalue weighted by molar-refractivity contribution is -0.127. The number of thiophene rings is 1. The van der Waals surface area contributed by atoms with Gasteiger partial charge in [0, 0.05) is 30.4 Å². The molecule has 2 rings (SSSR count). The Bertz CT molecular complexity index is 775. The molecule has 0 fully saturated rings. The van der Waals surface area contributed by atoms with E-state index >= 15 is 0 Å². The van der Waals surface area contributed by atoms with Gasteiger partial charge in [-0.1, -0.05) is 19.1 Å². The first kappa shape index (κ1) is 25.2.